The summed E-state index contributed by atoms with van der Waals surface area (Å²) in [6.07, 6.45) is 4.08. The van der Waals surface area contributed by atoms with Crippen LogP contribution >= 0.6 is 11.8 Å². The molecule has 3 aromatic carbocycles. The van der Waals surface area contributed by atoms with Crippen LogP contribution in [0.25, 0.3) is 6.08 Å². The van der Waals surface area contributed by atoms with Crippen LogP contribution in [-0.2, 0) is 17.8 Å². The summed E-state index contributed by atoms with van der Waals surface area (Å²) in [7, 11) is 1.61. The van der Waals surface area contributed by atoms with Crippen molar-refractivity contribution in [1.82, 2.24) is 4.90 Å². The number of rotatable bonds is 12. The van der Waals surface area contributed by atoms with Crippen molar-refractivity contribution < 1.29 is 23.9 Å². The fourth-order valence-corrected chi connectivity index (χ4v) is 5.27. The van der Waals surface area contributed by atoms with Gasteiger partial charge in [0.15, 0.2) is 16.7 Å². The van der Waals surface area contributed by atoms with Gasteiger partial charge in [-0.15, -0.1) is 6.58 Å². The van der Waals surface area contributed by atoms with Crippen molar-refractivity contribution in [2.45, 2.75) is 26.9 Å². The molecule has 1 heterocycles. The fraction of sp³-hybridized carbons (Fsp3) is 0.226. The number of carbonyl (C=O) groups excluding carboxylic acids is 1. The van der Waals surface area contributed by atoms with Crippen LogP contribution in [0.4, 0.5) is 11.4 Å². The quantitative estimate of drug-likeness (QED) is 0.100. The number of likely N-dealkylation sites (N-methyl/N-ethyl adjacent to an activating group) is 1. The highest BCUT2D eigenvalue weighted by molar-refractivity contribution is 8.18. The molecule has 0 spiro atoms. The molecule has 1 fully saturated rings. The number of aliphatic imine (C=N–C) groups is 1. The first-order valence-electron chi connectivity index (χ1n) is 13.1. The Kier molecular flexibility index (Phi) is 9.81. The number of benzene rings is 3. The normalized spacial score (nSPS) is 14.9. The number of carbonyl (C=O) groups is 1. The Bertz CT molecular complexity index is 1500. The number of allylic oxidation sites excluding steroid dienone is 1. The van der Waals surface area contributed by atoms with Crippen molar-refractivity contribution in [3.63, 3.8) is 0 Å². The number of thioether (sulfide) groups is 1. The van der Waals surface area contributed by atoms with Gasteiger partial charge in [-0.3, -0.25) is 19.8 Å². The van der Waals surface area contributed by atoms with Crippen LogP contribution in [-0.4, -0.2) is 41.2 Å². The average molecular weight is 574 g/mol. The summed E-state index contributed by atoms with van der Waals surface area (Å²) in [6.45, 7) is 8.66. The predicted molar refractivity (Wildman–Crippen MR) is 162 cm³/mol. The zero-order valence-corrected chi connectivity index (χ0v) is 24.0. The Hall–Kier alpha value is -4.57. The zero-order chi connectivity index (χ0) is 29.4. The van der Waals surface area contributed by atoms with E-state index in [1.54, 1.807) is 30.2 Å². The number of nitro groups is 1. The largest absolute Gasteiger partial charge is 0.497 e. The van der Waals surface area contributed by atoms with E-state index < -0.39 is 4.92 Å². The number of methoxy groups -OCH3 is 1. The molecule has 4 rings (SSSR count). The van der Waals surface area contributed by atoms with Crippen molar-refractivity contribution in [1.29, 1.82) is 0 Å². The number of nitrogens with zero attached hydrogens (tertiary/aromatic N) is 3. The van der Waals surface area contributed by atoms with Crippen LogP contribution in [0.5, 0.6) is 17.2 Å². The standard InChI is InChI=1S/C31H31N3O6S/c1-5-9-23-16-22(18-27(39-7-3)29(23)40-20-21-10-8-11-25(17-21)34(36)37)19-28-30(35)33(6-2)31(41-28)32-24-12-14-26(38-4)15-13-24/h5,8,10-19H,1,6-7,9,20H2,2-4H3/b28-19+,32-31?. The van der Waals surface area contributed by atoms with E-state index in [-0.39, 0.29) is 18.2 Å². The number of non-ortho nitro benzene ring substituents is 1. The molecule has 1 saturated heterocycles. The number of amides is 1. The van der Waals surface area contributed by atoms with Crippen LogP contribution in [0.3, 0.4) is 0 Å². The van der Waals surface area contributed by atoms with E-state index in [0.29, 0.717) is 46.7 Å². The molecule has 10 heteroatoms. The van der Waals surface area contributed by atoms with Crippen LogP contribution in [0.15, 0.2) is 83.2 Å². The predicted octanol–water partition coefficient (Wildman–Crippen LogP) is 6.93. The van der Waals surface area contributed by atoms with Gasteiger partial charge < -0.3 is 14.2 Å². The molecule has 0 aliphatic carbocycles. The summed E-state index contributed by atoms with van der Waals surface area (Å²) in [5.74, 6) is 1.65. The maximum atomic E-state index is 13.3. The van der Waals surface area contributed by atoms with Gasteiger partial charge >= 0.3 is 0 Å². The van der Waals surface area contributed by atoms with Crippen molar-refractivity contribution in [3.05, 3.63) is 105 Å². The lowest BCUT2D eigenvalue weighted by Crippen LogP contribution is -2.28. The van der Waals surface area contributed by atoms with Crippen molar-refractivity contribution in [2.75, 3.05) is 20.3 Å². The maximum Gasteiger partial charge on any atom is 0.269 e. The molecule has 212 valence electrons. The number of amidine groups is 1. The highest BCUT2D eigenvalue weighted by atomic mass is 32.2. The zero-order valence-electron chi connectivity index (χ0n) is 23.2. The molecule has 0 N–H and O–H groups in total. The second-order valence-corrected chi connectivity index (χ2v) is 9.91. The van der Waals surface area contributed by atoms with Crippen LogP contribution in [0.2, 0.25) is 0 Å². The molecule has 0 radical (unpaired) electrons. The lowest BCUT2D eigenvalue weighted by Gasteiger charge is -2.17. The summed E-state index contributed by atoms with van der Waals surface area (Å²) in [5, 5.41) is 11.8. The summed E-state index contributed by atoms with van der Waals surface area (Å²) in [6, 6.07) is 17.4. The van der Waals surface area contributed by atoms with E-state index >= 15 is 0 Å². The Morgan fingerprint density at radius 3 is 2.54 bits per heavy atom. The molecule has 0 unspecified atom stereocenters. The lowest BCUT2D eigenvalue weighted by atomic mass is 10.0. The Labute approximate surface area is 243 Å². The molecular weight excluding hydrogens is 542 g/mol. The summed E-state index contributed by atoms with van der Waals surface area (Å²) in [4.78, 5) is 30.9. The number of hydrogen-bond donors (Lipinski definition) is 0. The maximum absolute atomic E-state index is 13.3. The first-order chi connectivity index (χ1) is 19.9. The lowest BCUT2D eigenvalue weighted by molar-refractivity contribution is -0.384. The van der Waals surface area contributed by atoms with Gasteiger partial charge in [0.25, 0.3) is 11.6 Å². The Balaban J connectivity index is 1.65. The Morgan fingerprint density at radius 2 is 1.88 bits per heavy atom. The third kappa shape index (κ3) is 7.15. The van der Waals surface area contributed by atoms with E-state index in [1.165, 1.54) is 23.9 Å². The molecule has 1 aliphatic rings. The molecular formula is C31H31N3O6S. The van der Waals surface area contributed by atoms with Gasteiger partial charge in [-0.2, -0.15) is 0 Å². The summed E-state index contributed by atoms with van der Waals surface area (Å²) in [5.41, 5.74) is 2.97. The SMILES string of the molecule is C=CCc1cc(/C=C2/SC(=Nc3ccc(OC)cc3)N(CC)C2=O)cc(OCC)c1OCc1cccc([N+](=O)[O-])c1. The third-order valence-corrected chi connectivity index (χ3v) is 7.13. The van der Waals surface area contributed by atoms with E-state index in [0.717, 1.165) is 22.6 Å². The molecule has 0 saturated carbocycles. The summed E-state index contributed by atoms with van der Waals surface area (Å²) < 4.78 is 17.3. The molecule has 41 heavy (non-hydrogen) atoms. The number of nitro benzene ring substituents is 1. The average Bonchev–Trinajstić information content (AvgIpc) is 3.26. The first kappa shape index (κ1) is 29.4. The monoisotopic (exact) mass is 573 g/mol. The van der Waals surface area contributed by atoms with Gasteiger partial charge in [0.05, 0.1) is 29.2 Å². The molecule has 1 amide bonds. The number of hydrogen-bond acceptors (Lipinski definition) is 8. The molecule has 3 aromatic rings. The van der Waals surface area contributed by atoms with Gasteiger partial charge in [-0.05, 0) is 85.6 Å². The van der Waals surface area contributed by atoms with E-state index in [4.69, 9.17) is 19.2 Å². The summed E-state index contributed by atoms with van der Waals surface area (Å²) >= 11 is 1.31. The molecule has 0 aromatic heterocycles. The topological polar surface area (TPSA) is 104 Å². The molecule has 0 bridgehead atoms. The minimum atomic E-state index is -0.435. The van der Waals surface area contributed by atoms with Gasteiger partial charge in [0, 0.05) is 24.2 Å². The smallest absolute Gasteiger partial charge is 0.269 e. The minimum Gasteiger partial charge on any atom is -0.497 e. The van der Waals surface area contributed by atoms with Crippen LogP contribution < -0.4 is 14.2 Å². The van der Waals surface area contributed by atoms with Crippen molar-refractivity contribution >= 4 is 40.3 Å². The highest BCUT2D eigenvalue weighted by Crippen LogP contribution is 2.38. The van der Waals surface area contributed by atoms with E-state index in [2.05, 4.69) is 6.58 Å². The molecule has 1 aliphatic heterocycles. The van der Waals surface area contributed by atoms with Gasteiger partial charge in [-0.1, -0.05) is 18.2 Å². The first-order valence-corrected chi connectivity index (χ1v) is 13.9. The van der Waals surface area contributed by atoms with Crippen molar-refractivity contribution in [2.24, 2.45) is 4.99 Å². The fourth-order valence-electron chi connectivity index (χ4n) is 4.20. The number of ether oxygens (including phenoxy) is 3. The van der Waals surface area contributed by atoms with Crippen LogP contribution in [0.1, 0.15) is 30.5 Å². The van der Waals surface area contributed by atoms with E-state index in [1.807, 2.05) is 56.3 Å². The van der Waals surface area contributed by atoms with E-state index in [9.17, 15) is 14.9 Å². The van der Waals surface area contributed by atoms with Gasteiger partial charge in [-0.25, -0.2) is 4.99 Å². The van der Waals surface area contributed by atoms with Crippen molar-refractivity contribution in [3.8, 4) is 17.2 Å². The highest BCUT2D eigenvalue weighted by Gasteiger charge is 2.32. The minimum absolute atomic E-state index is 0.000766. The second-order valence-electron chi connectivity index (χ2n) is 8.90. The van der Waals surface area contributed by atoms with Gasteiger partial charge in [0.2, 0.25) is 0 Å². The molecule has 0 atom stereocenters. The van der Waals surface area contributed by atoms with Crippen LogP contribution in [0, 0.1) is 10.1 Å². The third-order valence-electron chi connectivity index (χ3n) is 6.12. The molecule has 9 nitrogen and oxygen atoms in total. The van der Waals surface area contributed by atoms with Gasteiger partial charge in [0.1, 0.15) is 12.4 Å². The Morgan fingerprint density at radius 1 is 1.10 bits per heavy atom. The second kappa shape index (κ2) is 13.7.